The van der Waals surface area contributed by atoms with Crippen LogP contribution in [-0.4, -0.2) is 19.0 Å². The molecule has 0 bridgehead atoms. The van der Waals surface area contributed by atoms with Gasteiger partial charge in [-0.15, -0.1) is 11.3 Å². The predicted molar refractivity (Wildman–Crippen MR) is 75.6 cm³/mol. The van der Waals surface area contributed by atoms with Gasteiger partial charge in [0.1, 0.15) is 4.88 Å². The Morgan fingerprint density at radius 2 is 2.00 bits per heavy atom. The second-order valence-electron chi connectivity index (χ2n) is 5.34. The van der Waals surface area contributed by atoms with Crippen molar-refractivity contribution in [1.82, 2.24) is 0 Å². The number of nitrogens with one attached hydrogen (secondary N) is 1. The molecule has 1 aliphatic carbocycles. The molecule has 1 aromatic rings. The van der Waals surface area contributed by atoms with E-state index in [9.17, 15) is 9.59 Å². The van der Waals surface area contributed by atoms with Crippen LogP contribution in [-0.2, 0) is 9.53 Å². The molecule has 0 aromatic carbocycles. The first-order valence-electron chi connectivity index (χ1n) is 6.46. The van der Waals surface area contributed by atoms with Gasteiger partial charge in [0.15, 0.2) is 0 Å². The largest absolute Gasteiger partial charge is 0.465 e. The van der Waals surface area contributed by atoms with Gasteiger partial charge in [0, 0.05) is 5.41 Å². The monoisotopic (exact) mass is 281 g/mol. The Kier molecular flexibility index (Phi) is 3.94. The highest BCUT2D eigenvalue weighted by molar-refractivity contribution is 7.12. The number of rotatable bonds is 3. The normalized spacial score (nSPS) is 17.2. The van der Waals surface area contributed by atoms with Gasteiger partial charge in [0.25, 0.3) is 0 Å². The van der Waals surface area contributed by atoms with Crippen molar-refractivity contribution in [1.29, 1.82) is 0 Å². The third-order valence-electron chi connectivity index (χ3n) is 3.84. The molecule has 1 heterocycles. The second kappa shape index (κ2) is 5.33. The van der Waals surface area contributed by atoms with Gasteiger partial charge in [-0.05, 0) is 30.7 Å². The molecule has 1 saturated carbocycles. The Bertz CT molecular complexity index is 501. The zero-order chi connectivity index (χ0) is 14.0. The number of thiophene rings is 1. The summed E-state index contributed by atoms with van der Waals surface area (Å²) in [5, 5.41) is 4.79. The fraction of sp³-hybridized carbons (Fsp3) is 0.571. The molecule has 1 N–H and O–H groups in total. The first-order valence-corrected chi connectivity index (χ1v) is 7.34. The minimum atomic E-state index is -0.398. The van der Waals surface area contributed by atoms with E-state index in [1.54, 1.807) is 0 Å². The van der Waals surface area contributed by atoms with Crippen LogP contribution in [0.5, 0.6) is 0 Å². The van der Waals surface area contributed by atoms with Crippen LogP contribution in [0.3, 0.4) is 0 Å². The van der Waals surface area contributed by atoms with Crippen LogP contribution in [0.2, 0.25) is 0 Å². The Morgan fingerprint density at radius 3 is 2.58 bits per heavy atom. The maximum Gasteiger partial charge on any atom is 0.350 e. The summed E-state index contributed by atoms with van der Waals surface area (Å²) in [6.07, 6.45) is 4.01. The fourth-order valence-electron chi connectivity index (χ4n) is 2.49. The van der Waals surface area contributed by atoms with Crippen molar-refractivity contribution < 1.29 is 14.3 Å². The number of hydrogen-bond donors (Lipinski definition) is 1. The van der Waals surface area contributed by atoms with Gasteiger partial charge in [-0.2, -0.15) is 0 Å². The van der Waals surface area contributed by atoms with Crippen molar-refractivity contribution in [3.8, 4) is 0 Å². The van der Waals surface area contributed by atoms with Gasteiger partial charge < -0.3 is 10.1 Å². The molecule has 4 nitrogen and oxygen atoms in total. The molecule has 1 amide bonds. The van der Waals surface area contributed by atoms with Gasteiger partial charge in [0.2, 0.25) is 5.91 Å². The molecular formula is C14H19NO3S. The van der Waals surface area contributed by atoms with Crippen LogP contribution in [0.1, 0.15) is 47.8 Å². The molecule has 2 rings (SSSR count). The Labute approximate surface area is 117 Å². The van der Waals surface area contributed by atoms with Crippen molar-refractivity contribution in [3.63, 3.8) is 0 Å². The first-order chi connectivity index (χ1) is 8.98. The number of ether oxygens (including phenoxy) is 1. The minimum Gasteiger partial charge on any atom is -0.465 e. The van der Waals surface area contributed by atoms with Gasteiger partial charge in [-0.3, -0.25) is 4.79 Å². The van der Waals surface area contributed by atoms with E-state index in [4.69, 9.17) is 4.74 Å². The summed E-state index contributed by atoms with van der Waals surface area (Å²) in [6.45, 7) is 3.88. The maximum absolute atomic E-state index is 12.4. The summed E-state index contributed by atoms with van der Waals surface area (Å²) in [6, 6.07) is 0. The Balaban J connectivity index is 2.21. The lowest BCUT2D eigenvalue weighted by Gasteiger charge is -2.22. The third kappa shape index (κ3) is 2.66. The fourth-order valence-corrected chi connectivity index (χ4v) is 3.41. The molecule has 1 fully saturated rings. The molecule has 5 heteroatoms. The van der Waals surface area contributed by atoms with Crippen molar-refractivity contribution in [2.24, 2.45) is 5.41 Å². The lowest BCUT2D eigenvalue weighted by molar-refractivity contribution is -0.124. The van der Waals surface area contributed by atoms with Crippen LogP contribution in [0.25, 0.3) is 0 Å². The molecule has 1 aliphatic rings. The predicted octanol–water partition coefficient (Wildman–Crippen LogP) is 3.36. The van der Waals surface area contributed by atoms with Gasteiger partial charge in [-0.1, -0.05) is 19.8 Å². The Morgan fingerprint density at radius 1 is 1.37 bits per heavy atom. The molecule has 1 aromatic heterocycles. The van der Waals surface area contributed by atoms with E-state index in [0.717, 1.165) is 31.2 Å². The molecule has 0 atom stereocenters. The van der Waals surface area contributed by atoms with E-state index in [-0.39, 0.29) is 11.3 Å². The van der Waals surface area contributed by atoms with Crippen molar-refractivity contribution in [3.05, 3.63) is 15.8 Å². The van der Waals surface area contributed by atoms with Gasteiger partial charge >= 0.3 is 5.97 Å². The average Bonchev–Trinajstić information content (AvgIpc) is 2.98. The first kappa shape index (κ1) is 14.1. The lowest BCUT2D eigenvalue weighted by atomic mass is 9.87. The van der Waals surface area contributed by atoms with Crippen molar-refractivity contribution in [2.45, 2.75) is 39.5 Å². The van der Waals surface area contributed by atoms with Gasteiger partial charge in [-0.25, -0.2) is 4.79 Å². The van der Waals surface area contributed by atoms with Crippen LogP contribution >= 0.6 is 11.3 Å². The molecule has 0 saturated heterocycles. The molecule has 19 heavy (non-hydrogen) atoms. The average molecular weight is 281 g/mol. The number of carbonyl (C=O) groups excluding carboxylic acids is 2. The van der Waals surface area contributed by atoms with Crippen LogP contribution in [0.4, 0.5) is 5.69 Å². The highest BCUT2D eigenvalue weighted by atomic mass is 32.1. The van der Waals surface area contributed by atoms with Crippen LogP contribution < -0.4 is 5.32 Å². The number of carbonyl (C=O) groups is 2. The zero-order valence-corrected chi connectivity index (χ0v) is 12.4. The quantitative estimate of drug-likeness (QED) is 0.864. The molecular weight excluding hydrogens is 262 g/mol. The summed E-state index contributed by atoms with van der Waals surface area (Å²) in [7, 11) is 1.35. The number of hydrogen-bond acceptors (Lipinski definition) is 4. The van der Waals surface area contributed by atoms with Crippen LogP contribution in [0.15, 0.2) is 5.38 Å². The smallest absolute Gasteiger partial charge is 0.350 e. The van der Waals surface area contributed by atoms with E-state index >= 15 is 0 Å². The summed E-state index contributed by atoms with van der Waals surface area (Å²) < 4.78 is 4.74. The number of amides is 1. The van der Waals surface area contributed by atoms with E-state index < -0.39 is 5.97 Å². The molecule has 0 unspecified atom stereocenters. The van der Waals surface area contributed by atoms with Gasteiger partial charge in [0.05, 0.1) is 12.8 Å². The number of aryl methyl sites for hydroxylation is 1. The molecule has 104 valence electrons. The summed E-state index contributed by atoms with van der Waals surface area (Å²) in [4.78, 5) is 24.5. The number of methoxy groups -OCH3 is 1. The topological polar surface area (TPSA) is 55.4 Å². The summed E-state index contributed by atoms with van der Waals surface area (Å²) in [5.74, 6) is -0.387. The maximum atomic E-state index is 12.4. The van der Waals surface area contributed by atoms with Crippen molar-refractivity contribution in [2.75, 3.05) is 12.4 Å². The highest BCUT2D eigenvalue weighted by Gasteiger charge is 2.37. The van der Waals surface area contributed by atoms with E-state index in [1.807, 2.05) is 19.2 Å². The second-order valence-corrected chi connectivity index (χ2v) is 6.22. The van der Waals surface area contributed by atoms with E-state index in [1.165, 1.54) is 18.4 Å². The van der Waals surface area contributed by atoms with Crippen molar-refractivity contribution >= 4 is 28.9 Å². The third-order valence-corrected chi connectivity index (χ3v) is 4.92. The zero-order valence-electron chi connectivity index (χ0n) is 11.5. The molecule has 0 spiro atoms. The summed E-state index contributed by atoms with van der Waals surface area (Å²) in [5.41, 5.74) is 1.21. The molecule has 0 radical (unpaired) electrons. The SMILES string of the molecule is COC(=O)c1scc(C)c1NC(=O)C1(C)CCCC1. The van der Waals surface area contributed by atoms with E-state index in [2.05, 4.69) is 5.32 Å². The van der Waals surface area contributed by atoms with E-state index in [0.29, 0.717) is 10.6 Å². The summed E-state index contributed by atoms with van der Waals surface area (Å²) >= 11 is 1.30. The minimum absolute atomic E-state index is 0.0108. The highest BCUT2D eigenvalue weighted by Crippen LogP contribution is 2.39. The standard InChI is InChI=1S/C14H19NO3S/c1-9-8-19-11(12(16)18-3)10(9)15-13(17)14(2)6-4-5-7-14/h8H,4-7H2,1-3H3,(H,15,17). The van der Waals surface area contributed by atoms with Crippen LogP contribution in [0, 0.1) is 12.3 Å². The molecule has 0 aliphatic heterocycles. The number of anilines is 1. The lowest BCUT2D eigenvalue weighted by Crippen LogP contribution is -2.31. The Hall–Kier alpha value is -1.36. The number of esters is 1.